The van der Waals surface area contributed by atoms with Gasteiger partial charge in [0.05, 0.1) is 35.1 Å². The maximum Gasteiger partial charge on any atom is 0.243 e. The van der Waals surface area contributed by atoms with Gasteiger partial charge in [-0.15, -0.1) is 0 Å². The average Bonchev–Trinajstić information content (AvgIpc) is 3.35. The maximum atomic E-state index is 13.9. The number of fused-ring (bicyclic) bond motifs is 1. The molecule has 0 saturated carbocycles. The molecule has 1 aliphatic rings. The Morgan fingerprint density at radius 2 is 1.86 bits per heavy atom. The lowest BCUT2D eigenvalue weighted by Crippen LogP contribution is -2.45. The van der Waals surface area contributed by atoms with Crippen molar-refractivity contribution in [1.82, 2.24) is 14.3 Å². The predicted octanol–water partition coefficient (Wildman–Crippen LogP) is 4.24. The van der Waals surface area contributed by atoms with Gasteiger partial charge in [-0.05, 0) is 60.0 Å². The Balaban J connectivity index is 1.62. The molecule has 0 amide bonds. The van der Waals surface area contributed by atoms with Crippen LogP contribution in [0.2, 0.25) is 0 Å². The van der Waals surface area contributed by atoms with Gasteiger partial charge in [-0.1, -0.05) is 30.3 Å². The minimum absolute atomic E-state index is 0.0296. The average molecular weight is 502 g/mol. The summed E-state index contributed by atoms with van der Waals surface area (Å²) in [6.45, 7) is 0.989. The molecular formula is C27H24FN5O2S. The molecule has 0 radical (unpaired) electrons. The van der Waals surface area contributed by atoms with E-state index in [-0.39, 0.29) is 11.4 Å². The number of sulfonamides is 1. The fourth-order valence-electron chi connectivity index (χ4n) is 4.63. The summed E-state index contributed by atoms with van der Waals surface area (Å²) in [5.41, 5.74) is 3.94. The van der Waals surface area contributed by atoms with E-state index in [1.54, 1.807) is 24.7 Å². The molecule has 4 aromatic rings. The Bertz CT molecular complexity index is 1480. The molecule has 9 heteroatoms. The van der Waals surface area contributed by atoms with Crippen LogP contribution in [0.1, 0.15) is 22.4 Å². The fourth-order valence-corrected chi connectivity index (χ4v) is 6.23. The number of aromatic nitrogens is 2. The van der Waals surface area contributed by atoms with E-state index in [0.717, 1.165) is 34.6 Å². The molecule has 1 aliphatic heterocycles. The summed E-state index contributed by atoms with van der Waals surface area (Å²) < 4.78 is 43.0. The topological polar surface area (TPSA) is 93.1 Å². The molecule has 7 nitrogen and oxygen atoms in total. The number of anilines is 1. The van der Waals surface area contributed by atoms with E-state index in [1.807, 2.05) is 36.4 Å². The molecule has 36 heavy (non-hydrogen) atoms. The Labute approximate surface area is 209 Å². The smallest absolute Gasteiger partial charge is 0.243 e. The summed E-state index contributed by atoms with van der Waals surface area (Å²) in [7, 11) is -3.98. The highest BCUT2D eigenvalue weighted by Crippen LogP contribution is 2.33. The van der Waals surface area contributed by atoms with Crippen molar-refractivity contribution in [1.29, 1.82) is 5.26 Å². The summed E-state index contributed by atoms with van der Waals surface area (Å²) in [6, 6.07) is 21.7. The van der Waals surface area contributed by atoms with Crippen LogP contribution in [-0.4, -0.2) is 35.3 Å². The first-order valence-corrected chi connectivity index (χ1v) is 12.9. The van der Waals surface area contributed by atoms with Gasteiger partial charge in [0.25, 0.3) is 0 Å². The van der Waals surface area contributed by atoms with Crippen LogP contribution in [0.15, 0.2) is 90.2 Å². The predicted molar refractivity (Wildman–Crippen MR) is 134 cm³/mol. The van der Waals surface area contributed by atoms with Gasteiger partial charge < -0.3 is 9.88 Å². The van der Waals surface area contributed by atoms with Crippen LogP contribution in [0.25, 0.3) is 0 Å². The van der Waals surface area contributed by atoms with Gasteiger partial charge in [-0.25, -0.2) is 17.8 Å². The number of hydrogen-bond donors (Lipinski definition) is 1. The van der Waals surface area contributed by atoms with Crippen molar-refractivity contribution in [3.8, 4) is 6.07 Å². The molecule has 1 aromatic heterocycles. The van der Waals surface area contributed by atoms with Gasteiger partial charge >= 0.3 is 0 Å². The largest absolute Gasteiger partial charge is 0.364 e. The van der Waals surface area contributed by atoms with Gasteiger partial charge in [0, 0.05) is 31.0 Å². The maximum absolute atomic E-state index is 13.9. The number of nitrogens with zero attached hydrogens (tertiary/aromatic N) is 4. The van der Waals surface area contributed by atoms with Crippen molar-refractivity contribution in [2.45, 2.75) is 30.4 Å². The standard InChI is InChI=1S/C27H24FN5O2S/c28-23-7-9-26(10-8-23)36(34,35)33-16-22-12-21(14-29)6-11-27(22)32(17-24-15-30-19-31-24)18-25(33)13-20-4-2-1-3-5-20/h1-12,15,19,25H,13,16-18H2,(H,30,31). The number of aromatic amines is 1. The highest BCUT2D eigenvalue weighted by Gasteiger charge is 2.36. The number of halogens is 1. The van der Waals surface area contributed by atoms with Crippen LogP contribution in [0.4, 0.5) is 10.1 Å². The molecule has 2 heterocycles. The van der Waals surface area contributed by atoms with Crippen molar-refractivity contribution in [2.24, 2.45) is 0 Å². The Kier molecular flexibility index (Phi) is 6.55. The lowest BCUT2D eigenvalue weighted by molar-refractivity contribution is 0.318. The lowest BCUT2D eigenvalue weighted by atomic mass is 10.1. The zero-order chi connectivity index (χ0) is 25.1. The third-order valence-electron chi connectivity index (χ3n) is 6.36. The van der Waals surface area contributed by atoms with Gasteiger partial charge in [0.15, 0.2) is 0 Å². The number of imidazole rings is 1. The third kappa shape index (κ3) is 4.87. The number of nitriles is 1. The third-order valence-corrected chi connectivity index (χ3v) is 8.28. The molecule has 0 spiro atoms. The number of benzene rings is 3. The minimum Gasteiger partial charge on any atom is -0.364 e. The molecular weight excluding hydrogens is 477 g/mol. The van der Waals surface area contributed by atoms with E-state index in [2.05, 4.69) is 20.9 Å². The normalized spacial score (nSPS) is 16.2. The number of H-pyrrole nitrogens is 1. The molecule has 1 atom stereocenters. The van der Waals surface area contributed by atoms with Crippen molar-refractivity contribution in [2.75, 3.05) is 11.4 Å². The zero-order valence-electron chi connectivity index (χ0n) is 19.4. The number of nitrogens with one attached hydrogen (secondary N) is 1. The molecule has 3 aromatic carbocycles. The van der Waals surface area contributed by atoms with E-state index < -0.39 is 21.9 Å². The van der Waals surface area contributed by atoms with E-state index in [4.69, 9.17) is 0 Å². The molecule has 182 valence electrons. The summed E-state index contributed by atoms with van der Waals surface area (Å²) in [5.74, 6) is -0.500. The summed E-state index contributed by atoms with van der Waals surface area (Å²) in [5, 5.41) is 9.52. The van der Waals surface area contributed by atoms with E-state index in [0.29, 0.717) is 25.1 Å². The molecule has 0 aliphatic carbocycles. The van der Waals surface area contributed by atoms with Crippen molar-refractivity contribution < 1.29 is 12.8 Å². The van der Waals surface area contributed by atoms with Crippen LogP contribution < -0.4 is 4.90 Å². The van der Waals surface area contributed by atoms with Gasteiger partial charge in [0.1, 0.15) is 5.82 Å². The van der Waals surface area contributed by atoms with E-state index >= 15 is 0 Å². The summed E-state index contributed by atoms with van der Waals surface area (Å²) in [6.07, 6.45) is 3.84. The van der Waals surface area contributed by atoms with Crippen LogP contribution in [0, 0.1) is 17.1 Å². The van der Waals surface area contributed by atoms with Gasteiger partial charge in [0.2, 0.25) is 10.0 Å². The Morgan fingerprint density at radius 3 is 2.56 bits per heavy atom. The van der Waals surface area contributed by atoms with Gasteiger partial charge in [-0.3, -0.25) is 0 Å². The van der Waals surface area contributed by atoms with Crippen LogP contribution in [-0.2, 0) is 29.5 Å². The highest BCUT2D eigenvalue weighted by atomic mass is 32.2. The second-order valence-electron chi connectivity index (χ2n) is 8.76. The first-order chi connectivity index (χ1) is 17.4. The second kappa shape index (κ2) is 9.93. The van der Waals surface area contributed by atoms with Crippen molar-refractivity contribution in [3.63, 3.8) is 0 Å². The summed E-state index contributed by atoms with van der Waals surface area (Å²) >= 11 is 0. The SMILES string of the molecule is N#Cc1ccc2c(c1)CN(S(=O)(=O)c1ccc(F)cc1)C(Cc1ccccc1)CN2Cc1cnc[nH]1. The molecule has 0 bridgehead atoms. The van der Waals surface area contributed by atoms with Crippen LogP contribution in [0.5, 0.6) is 0 Å². The lowest BCUT2D eigenvalue weighted by Gasteiger charge is -2.32. The molecule has 1 unspecified atom stereocenters. The van der Waals surface area contributed by atoms with Crippen molar-refractivity contribution >= 4 is 15.7 Å². The Morgan fingerprint density at radius 1 is 1.08 bits per heavy atom. The number of hydrogen-bond acceptors (Lipinski definition) is 5. The van der Waals surface area contributed by atoms with Crippen molar-refractivity contribution in [3.05, 3.63) is 114 Å². The molecule has 1 N–H and O–H groups in total. The molecule has 0 saturated heterocycles. The first kappa shape index (κ1) is 23.7. The van der Waals surface area contributed by atoms with Gasteiger partial charge in [-0.2, -0.15) is 9.57 Å². The van der Waals surface area contributed by atoms with E-state index in [9.17, 15) is 18.1 Å². The fraction of sp³-hybridized carbons (Fsp3) is 0.185. The molecule has 0 fully saturated rings. The number of rotatable bonds is 6. The van der Waals surface area contributed by atoms with Crippen LogP contribution in [0.3, 0.4) is 0 Å². The quantitative estimate of drug-likeness (QED) is 0.427. The van der Waals surface area contributed by atoms with E-state index in [1.165, 1.54) is 16.4 Å². The second-order valence-corrected chi connectivity index (χ2v) is 10.7. The monoisotopic (exact) mass is 501 g/mol. The van der Waals surface area contributed by atoms with Crippen LogP contribution >= 0.6 is 0 Å². The zero-order valence-corrected chi connectivity index (χ0v) is 20.2. The Hall–Kier alpha value is -4.00. The first-order valence-electron chi connectivity index (χ1n) is 11.5. The minimum atomic E-state index is -3.98. The molecule has 5 rings (SSSR count). The summed E-state index contributed by atoms with van der Waals surface area (Å²) in [4.78, 5) is 9.40. The highest BCUT2D eigenvalue weighted by molar-refractivity contribution is 7.89.